The maximum Gasteiger partial charge on any atom is 0.283 e. The molecule has 0 atom stereocenters. The minimum Gasteiger partial charge on any atom is -0.483 e. The second kappa shape index (κ2) is 8.31. The molecule has 0 aliphatic carbocycles. The van der Waals surface area contributed by atoms with E-state index in [0.29, 0.717) is 11.4 Å². The number of hydrogen-bond acceptors (Lipinski definition) is 6. The summed E-state index contributed by atoms with van der Waals surface area (Å²) in [5.74, 6) is -1.17. The van der Waals surface area contributed by atoms with Crippen molar-refractivity contribution in [1.82, 2.24) is 0 Å². The molecule has 0 fully saturated rings. The van der Waals surface area contributed by atoms with Gasteiger partial charge in [-0.1, -0.05) is 24.3 Å². The van der Waals surface area contributed by atoms with Gasteiger partial charge in [-0.2, -0.15) is 0 Å². The molecule has 9 heteroatoms. The van der Waals surface area contributed by atoms with E-state index < -0.39 is 22.4 Å². The second-order valence-electron chi connectivity index (χ2n) is 7.05. The molecule has 0 saturated carbocycles. The molecule has 3 aromatic rings. The first-order chi connectivity index (χ1) is 15.4. The van der Waals surface area contributed by atoms with Crippen LogP contribution in [0.4, 0.5) is 17.1 Å². The number of benzene rings is 3. The Morgan fingerprint density at radius 1 is 1.00 bits per heavy atom. The Morgan fingerprint density at radius 3 is 2.41 bits per heavy atom. The number of anilines is 2. The number of rotatable bonds is 6. The number of fused-ring (bicyclic) bond motifs is 1. The SMILES string of the molecule is Cc1ccccc1OCC(=O)Nc1ccc(N2C(=O)c3cccc([N+](=O)[O-])c3C2=O)cc1. The molecule has 1 N–H and O–H groups in total. The van der Waals surface area contributed by atoms with Gasteiger partial charge in [-0.3, -0.25) is 24.5 Å². The number of nitrogens with zero attached hydrogens (tertiary/aromatic N) is 2. The van der Waals surface area contributed by atoms with E-state index in [1.165, 1.54) is 42.5 Å². The van der Waals surface area contributed by atoms with Gasteiger partial charge in [0.2, 0.25) is 0 Å². The van der Waals surface area contributed by atoms with Crippen molar-refractivity contribution in [3.63, 3.8) is 0 Å². The molecular weight excluding hydrogens is 414 g/mol. The third-order valence-electron chi connectivity index (χ3n) is 4.95. The van der Waals surface area contributed by atoms with Gasteiger partial charge in [0.1, 0.15) is 11.3 Å². The van der Waals surface area contributed by atoms with Crippen LogP contribution in [-0.4, -0.2) is 29.3 Å². The lowest BCUT2D eigenvalue weighted by molar-refractivity contribution is -0.385. The van der Waals surface area contributed by atoms with Crippen LogP contribution in [0, 0.1) is 17.0 Å². The fraction of sp³-hybridized carbons (Fsp3) is 0.0870. The van der Waals surface area contributed by atoms with Gasteiger partial charge in [0.15, 0.2) is 6.61 Å². The molecular formula is C23H17N3O6. The van der Waals surface area contributed by atoms with Crippen molar-refractivity contribution in [2.45, 2.75) is 6.92 Å². The number of nitrogens with one attached hydrogen (secondary N) is 1. The summed E-state index contributed by atoms with van der Waals surface area (Å²) in [6.45, 7) is 1.69. The molecule has 0 aromatic heterocycles. The Labute approximate surface area is 182 Å². The maximum atomic E-state index is 12.8. The van der Waals surface area contributed by atoms with Crippen LogP contribution >= 0.6 is 0 Å². The summed E-state index contributed by atoms with van der Waals surface area (Å²) >= 11 is 0. The lowest BCUT2D eigenvalue weighted by Gasteiger charge is -2.14. The number of hydrogen-bond donors (Lipinski definition) is 1. The van der Waals surface area contributed by atoms with Crippen molar-refractivity contribution in [2.75, 3.05) is 16.8 Å². The predicted octanol–water partition coefficient (Wildman–Crippen LogP) is 3.72. The number of carbonyl (C=O) groups is 3. The summed E-state index contributed by atoms with van der Waals surface area (Å²) in [4.78, 5) is 49.0. The van der Waals surface area contributed by atoms with E-state index in [2.05, 4.69) is 5.32 Å². The minimum atomic E-state index is -0.763. The van der Waals surface area contributed by atoms with Crippen molar-refractivity contribution >= 4 is 34.8 Å². The quantitative estimate of drug-likeness (QED) is 0.361. The van der Waals surface area contributed by atoms with Gasteiger partial charge in [0, 0.05) is 11.8 Å². The Kier molecular flexibility index (Phi) is 5.38. The molecule has 0 spiro atoms. The van der Waals surface area contributed by atoms with Crippen LogP contribution in [0.2, 0.25) is 0 Å². The predicted molar refractivity (Wildman–Crippen MR) is 116 cm³/mol. The van der Waals surface area contributed by atoms with E-state index in [-0.39, 0.29) is 29.3 Å². The average Bonchev–Trinajstić information content (AvgIpc) is 3.04. The summed E-state index contributed by atoms with van der Waals surface area (Å²) < 4.78 is 5.51. The third-order valence-corrected chi connectivity index (χ3v) is 4.95. The molecule has 0 radical (unpaired) electrons. The van der Waals surface area contributed by atoms with Crippen molar-refractivity contribution in [3.8, 4) is 5.75 Å². The van der Waals surface area contributed by atoms with E-state index in [9.17, 15) is 24.5 Å². The first-order valence-electron chi connectivity index (χ1n) is 9.61. The molecule has 4 rings (SSSR count). The van der Waals surface area contributed by atoms with Gasteiger partial charge in [-0.15, -0.1) is 0 Å². The number of carbonyl (C=O) groups excluding carboxylic acids is 3. The van der Waals surface area contributed by atoms with E-state index in [0.717, 1.165) is 10.5 Å². The minimum absolute atomic E-state index is 0.0186. The van der Waals surface area contributed by atoms with Crippen LogP contribution in [0.5, 0.6) is 5.75 Å². The Bertz CT molecular complexity index is 1250. The highest BCUT2D eigenvalue weighted by molar-refractivity contribution is 6.35. The number of nitro benzene ring substituents is 1. The zero-order valence-corrected chi connectivity index (χ0v) is 16.9. The monoisotopic (exact) mass is 431 g/mol. The van der Waals surface area contributed by atoms with Crippen LogP contribution < -0.4 is 15.0 Å². The van der Waals surface area contributed by atoms with Gasteiger partial charge in [0.25, 0.3) is 23.4 Å². The Morgan fingerprint density at radius 2 is 1.72 bits per heavy atom. The van der Waals surface area contributed by atoms with Crippen LogP contribution in [0.1, 0.15) is 26.3 Å². The molecule has 3 amide bonds. The fourth-order valence-corrected chi connectivity index (χ4v) is 3.41. The molecule has 9 nitrogen and oxygen atoms in total. The number of nitro groups is 1. The molecule has 1 aliphatic rings. The molecule has 1 aliphatic heterocycles. The summed E-state index contributed by atoms with van der Waals surface area (Å²) in [5, 5.41) is 13.9. The summed E-state index contributed by atoms with van der Waals surface area (Å²) in [7, 11) is 0. The number of ether oxygens (including phenoxy) is 1. The third kappa shape index (κ3) is 3.79. The average molecular weight is 431 g/mol. The van der Waals surface area contributed by atoms with Crippen molar-refractivity contribution in [1.29, 1.82) is 0 Å². The second-order valence-corrected chi connectivity index (χ2v) is 7.05. The standard InChI is InChI=1S/C23H17N3O6/c1-14-5-2-3-8-19(14)32-13-20(27)24-15-9-11-16(12-10-15)25-22(28)17-6-4-7-18(26(30)31)21(17)23(25)29/h2-12H,13H2,1H3,(H,24,27). The molecule has 3 aromatic carbocycles. The van der Waals surface area contributed by atoms with E-state index in [1.807, 2.05) is 25.1 Å². The lowest BCUT2D eigenvalue weighted by Crippen LogP contribution is -2.29. The van der Waals surface area contributed by atoms with Crippen LogP contribution in [0.3, 0.4) is 0 Å². The van der Waals surface area contributed by atoms with Crippen molar-refractivity contribution < 1.29 is 24.0 Å². The zero-order valence-electron chi connectivity index (χ0n) is 16.9. The van der Waals surface area contributed by atoms with Crippen LogP contribution in [0.15, 0.2) is 66.7 Å². The van der Waals surface area contributed by atoms with Gasteiger partial charge in [0.05, 0.1) is 16.2 Å². The van der Waals surface area contributed by atoms with Crippen LogP contribution in [0.25, 0.3) is 0 Å². The highest BCUT2D eigenvalue weighted by Crippen LogP contribution is 2.34. The topological polar surface area (TPSA) is 119 Å². The summed E-state index contributed by atoms with van der Waals surface area (Å²) in [5.41, 5.74) is 0.921. The zero-order chi connectivity index (χ0) is 22.8. The van der Waals surface area contributed by atoms with Crippen molar-refractivity contribution in [3.05, 3.63) is 93.5 Å². The Balaban J connectivity index is 1.46. The smallest absolute Gasteiger partial charge is 0.283 e. The van der Waals surface area contributed by atoms with Crippen molar-refractivity contribution in [2.24, 2.45) is 0 Å². The van der Waals surface area contributed by atoms with Gasteiger partial charge >= 0.3 is 0 Å². The normalized spacial score (nSPS) is 12.5. The lowest BCUT2D eigenvalue weighted by atomic mass is 10.1. The Hall–Kier alpha value is -4.53. The number of amides is 3. The first-order valence-corrected chi connectivity index (χ1v) is 9.61. The highest BCUT2D eigenvalue weighted by atomic mass is 16.6. The molecule has 0 bridgehead atoms. The molecule has 32 heavy (non-hydrogen) atoms. The summed E-state index contributed by atoms with van der Waals surface area (Å²) in [6.07, 6.45) is 0. The highest BCUT2D eigenvalue weighted by Gasteiger charge is 2.41. The maximum absolute atomic E-state index is 12.8. The number of aryl methyl sites for hydroxylation is 1. The summed E-state index contributed by atoms with van der Waals surface area (Å²) in [6, 6.07) is 17.3. The fourth-order valence-electron chi connectivity index (χ4n) is 3.41. The van der Waals surface area contributed by atoms with Gasteiger partial charge in [-0.05, 0) is 48.9 Å². The van der Waals surface area contributed by atoms with Crippen LogP contribution in [-0.2, 0) is 4.79 Å². The molecule has 0 unspecified atom stereocenters. The van der Waals surface area contributed by atoms with E-state index in [4.69, 9.17) is 4.74 Å². The first kappa shape index (κ1) is 20.7. The van der Waals surface area contributed by atoms with E-state index in [1.54, 1.807) is 6.07 Å². The van der Waals surface area contributed by atoms with Gasteiger partial charge < -0.3 is 10.1 Å². The number of imide groups is 1. The van der Waals surface area contributed by atoms with E-state index >= 15 is 0 Å². The molecule has 1 heterocycles. The van der Waals surface area contributed by atoms with Gasteiger partial charge in [-0.25, -0.2) is 4.90 Å². The largest absolute Gasteiger partial charge is 0.483 e. The molecule has 0 saturated heterocycles. The number of para-hydroxylation sites is 1. The molecule has 160 valence electrons.